The Hall–Kier alpha value is -0.760. The number of halogens is 1. The molecular weight excluding hydrogens is 150 g/mol. The predicted molar refractivity (Wildman–Crippen MR) is 41.0 cm³/mol. The Bertz CT molecular complexity index is 242. The van der Waals surface area contributed by atoms with Gasteiger partial charge >= 0.3 is 0 Å². The van der Waals surface area contributed by atoms with E-state index < -0.39 is 0 Å². The van der Waals surface area contributed by atoms with Crippen LogP contribution in [-0.2, 0) is 0 Å². The quantitative estimate of drug-likeness (QED) is 0.616. The van der Waals surface area contributed by atoms with E-state index in [1.165, 1.54) is 0 Å². The van der Waals surface area contributed by atoms with E-state index in [4.69, 9.17) is 16.1 Å². The number of hydrogen-bond donors (Lipinski definition) is 0. The van der Waals surface area contributed by atoms with Crippen molar-refractivity contribution in [3.63, 3.8) is 0 Å². The van der Waals surface area contributed by atoms with Gasteiger partial charge in [-0.3, -0.25) is 0 Å². The SMILES string of the molecule is C=C(CCl)c1cc(C)no1. The largest absolute Gasteiger partial charge is 0.356 e. The molecule has 3 heteroatoms. The Kier molecular flexibility index (Phi) is 2.12. The van der Waals surface area contributed by atoms with Crippen LogP contribution in [0.15, 0.2) is 17.2 Å². The first-order chi connectivity index (χ1) is 4.74. The molecule has 0 spiro atoms. The highest BCUT2D eigenvalue weighted by molar-refractivity contribution is 6.22. The van der Waals surface area contributed by atoms with Crippen LogP contribution >= 0.6 is 11.6 Å². The van der Waals surface area contributed by atoms with Crippen molar-refractivity contribution in [3.05, 3.63) is 24.1 Å². The fraction of sp³-hybridized carbons (Fsp3) is 0.286. The van der Waals surface area contributed by atoms with Crippen LogP contribution in [0.25, 0.3) is 5.57 Å². The zero-order valence-corrected chi connectivity index (χ0v) is 6.48. The molecule has 0 aliphatic rings. The maximum Gasteiger partial charge on any atom is 0.163 e. The van der Waals surface area contributed by atoms with Crippen molar-refractivity contribution in [2.24, 2.45) is 0 Å². The minimum Gasteiger partial charge on any atom is -0.356 e. The monoisotopic (exact) mass is 157 g/mol. The molecule has 0 amide bonds. The van der Waals surface area contributed by atoms with Crippen LogP contribution < -0.4 is 0 Å². The minimum absolute atomic E-state index is 0.384. The van der Waals surface area contributed by atoms with E-state index in [0.717, 1.165) is 11.3 Å². The molecule has 0 aliphatic carbocycles. The van der Waals surface area contributed by atoms with Crippen molar-refractivity contribution in [2.45, 2.75) is 6.92 Å². The Morgan fingerprint density at radius 2 is 2.60 bits per heavy atom. The van der Waals surface area contributed by atoms with Crippen LogP contribution in [0, 0.1) is 6.92 Å². The molecule has 0 bridgehead atoms. The molecule has 2 nitrogen and oxygen atoms in total. The average molecular weight is 158 g/mol. The Labute approximate surface area is 64.5 Å². The summed E-state index contributed by atoms with van der Waals surface area (Å²) >= 11 is 5.51. The normalized spacial score (nSPS) is 9.80. The number of allylic oxidation sites excluding steroid dienone is 1. The Morgan fingerprint density at radius 1 is 1.90 bits per heavy atom. The summed E-state index contributed by atoms with van der Waals surface area (Å²) in [6.45, 7) is 5.55. The molecule has 0 fully saturated rings. The van der Waals surface area contributed by atoms with Gasteiger partial charge in [0.1, 0.15) is 0 Å². The second-order valence-corrected chi connectivity index (χ2v) is 2.34. The van der Waals surface area contributed by atoms with Crippen LogP contribution in [0.5, 0.6) is 0 Å². The summed E-state index contributed by atoms with van der Waals surface area (Å²) < 4.78 is 4.88. The van der Waals surface area contributed by atoms with Crippen molar-refractivity contribution in [2.75, 3.05) is 5.88 Å². The molecule has 10 heavy (non-hydrogen) atoms. The topological polar surface area (TPSA) is 26.0 Å². The molecule has 0 aliphatic heterocycles. The van der Waals surface area contributed by atoms with Crippen molar-refractivity contribution in [3.8, 4) is 0 Å². The van der Waals surface area contributed by atoms with Gasteiger partial charge in [0.25, 0.3) is 0 Å². The first kappa shape index (κ1) is 7.35. The maximum absolute atomic E-state index is 5.51. The van der Waals surface area contributed by atoms with Crippen LogP contribution in [0.4, 0.5) is 0 Å². The lowest BCUT2D eigenvalue weighted by Gasteiger charge is -1.89. The number of nitrogens with zero attached hydrogens (tertiary/aromatic N) is 1. The molecule has 54 valence electrons. The molecule has 0 saturated heterocycles. The number of rotatable bonds is 2. The van der Waals surface area contributed by atoms with Gasteiger partial charge in [-0.1, -0.05) is 11.7 Å². The molecule has 0 unspecified atom stereocenters. The highest BCUT2D eigenvalue weighted by atomic mass is 35.5. The zero-order valence-electron chi connectivity index (χ0n) is 5.72. The molecule has 0 saturated carbocycles. The van der Waals surface area contributed by atoms with Crippen LogP contribution in [0.3, 0.4) is 0 Å². The van der Waals surface area contributed by atoms with Crippen molar-refractivity contribution in [1.82, 2.24) is 5.16 Å². The zero-order chi connectivity index (χ0) is 7.56. The van der Waals surface area contributed by atoms with Gasteiger partial charge in [0, 0.05) is 11.6 Å². The van der Waals surface area contributed by atoms with Gasteiger partial charge in [0.05, 0.1) is 11.6 Å². The van der Waals surface area contributed by atoms with E-state index in [9.17, 15) is 0 Å². The third-order valence-corrected chi connectivity index (χ3v) is 1.46. The van der Waals surface area contributed by atoms with Crippen molar-refractivity contribution < 1.29 is 4.52 Å². The summed E-state index contributed by atoms with van der Waals surface area (Å²) in [7, 11) is 0. The van der Waals surface area contributed by atoms with Gasteiger partial charge < -0.3 is 4.52 Å². The summed E-state index contributed by atoms with van der Waals surface area (Å²) in [4.78, 5) is 0. The average Bonchev–Trinajstić information content (AvgIpc) is 2.34. The molecule has 0 N–H and O–H groups in total. The Morgan fingerprint density at radius 3 is 3.00 bits per heavy atom. The van der Waals surface area contributed by atoms with Crippen molar-refractivity contribution >= 4 is 17.2 Å². The number of alkyl halides is 1. The van der Waals surface area contributed by atoms with Gasteiger partial charge in [-0.15, -0.1) is 11.6 Å². The predicted octanol–water partition coefficient (Wildman–Crippen LogP) is 2.24. The summed E-state index contributed by atoms with van der Waals surface area (Å²) in [6.07, 6.45) is 0. The number of aromatic nitrogens is 1. The van der Waals surface area contributed by atoms with E-state index in [0.29, 0.717) is 11.6 Å². The lowest BCUT2D eigenvalue weighted by molar-refractivity contribution is 0.406. The van der Waals surface area contributed by atoms with Crippen LogP contribution in [-0.4, -0.2) is 11.0 Å². The molecule has 1 rings (SSSR count). The van der Waals surface area contributed by atoms with E-state index in [1.807, 2.05) is 13.0 Å². The molecule has 0 aromatic carbocycles. The first-order valence-corrected chi connectivity index (χ1v) is 3.45. The minimum atomic E-state index is 0.384. The second-order valence-electron chi connectivity index (χ2n) is 2.07. The summed E-state index contributed by atoms with van der Waals surface area (Å²) in [5.41, 5.74) is 1.61. The summed E-state index contributed by atoms with van der Waals surface area (Å²) in [5, 5.41) is 3.69. The fourth-order valence-corrected chi connectivity index (χ4v) is 0.728. The van der Waals surface area contributed by atoms with Crippen LogP contribution in [0.2, 0.25) is 0 Å². The van der Waals surface area contributed by atoms with E-state index >= 15 is 0 Å². The van der Waals surface area contributed by atoms with Crippen molar-refractivity contribution in [1.29, 1.82) is 0 Å². The lowest BCUT2D eigenvalue weighted by atomic mass is 10.2. The third-order valence-electron chi connectivity index (χ3n) is 1.14. The van der Waals surface area contributed by atoms with E-state index in [1.54, 1.807) is 0 Å². The van der Waals surface area contributed by atoms with Crippen LogP contribution in [0.1, 0.15) is 11.5 Å². The molecule has 0 radical (unpaired) electrons. The highest BCUT2D eigenvalue weighted by Crippen LogP contribution is 2.13. The molecular formula is C7H8ClNO. The molecule has 1 aromatic rings. The lowest BCUT2D eigenvalue weighted by Crippen LogP contribution is -1.77. The van der Waals surface area contributed by atoms with Gasteiger partial charge in [-0.25, -0.2) is 0 Å². The highest BCUT2D eigenvalue weighted by Gasteiger charge is 2.02. The number of aryl methyl sites for hydroxylation is 1. The summed E-state index contributed by atoms with van der Waals surface area (Å²) in [6, 6.07) is 1.81. The molecule has 1 aromatic heterocycles. The summed E-state index contributed by atoms with van der Waals surface area (Å²) in [5.74, 6) is 1.06. The molecule has 0 atom stereocenters. The van der Waals surface area contributed by atoms with Gasteiger partial charge in [-0.2, -0.15) is 0 Å². The van der Waals surface area contributed by atoms with E-state index in [2.05, 4.69) is 11.7 Å². The fourth-order valence-electron chi connectivity index (χ4n) is 0.596. The molecule has 1 heterocycles. The smallest absolute Gasteiger partial charge is 0.163 e. The van der Waals surface area contributed by atoms with Gasteiger partial charge in [-0.05, 0) is 6.92 Å². The second kappa shape index (κ2) is 2.88. The maximum atomic E-state index is 5.51. The van der Waals surface area contributed by atoms with Gasteiger partial charge in [0.15, 0.2) is 5.76 Å². The Balaban J connectivity index is 2.85. The third kappa shape index (κ3) is 1.39. The number of hydrogen-bond acceptors (Lipinski definition) is 2. The first-order valence-electron chi connectivity index (χ1n) is 2.91. The standard InChI is InChI=1S/C7H8ClNO/c1-5(4-8)7-3-6(2)9-10-7/h3H,1,4H2,2H3. The van der Waals surface area contributed by atoms with Gasteiger partial charge in [0.2, 0.25) is 0 Å². The van der Waals surface area contributed by atoms with E-state index in [-0.39, 0.29) is 0 Å².